The highest BCUT2D eigenvalue weighted by molar-refractivity contribution is 5.94. The standard InChI is InChI=1S/C14H15N3O2/c1-19-9-8-17-14(18)11-5-7-16-13(10-11)12-4-2-3-6-15-12/h2-7,10H,8-9H2,1H3,(H,17,18). The van der Waals surface area contributed by atoms with Gasteiger partial charge in [-0.2, -0.15) is 0 Å². The summed E-state index contributed by atoms with van der Waals surface area (Å²) in [6.45, 7) is 0.973. The number of methoxy groups -OCH3 is 1. The smallest absolute Gasteiger partial charge is 0.251 e. The SMILES string of the molecule is COCCNC(=O)c1ccnc(-c2ccccn2)c1. The van der Waals surface area contributed by atoms with Crippen LogP contribution in [0.4, 0.5) is 0 Å². The van der Waals surface area contributed by atoms with E-state index in [0.717, 1.165) is 5.69 Å². The van der Waals surface area contributed by atoms with Crippen LogP contribution in [0.5, 0.6) is 0 Å². The van der Waals surface area contributed by atoms with Crippen LogP contribution in [-0.4, -0.2) is 36.1 Å². The topological polar surface area (TPSA) is 64.1 Å². The molecule has 0 saturated heterocycles. The maximum atomic E-state index is 11.9. The van der Waals surface area contributed by atoms with Crippen LogP contribution >= 0.6 is 0 Å². The summed E-state index contributed by atoms with van der Waals surface area (Å²) < 4.78 is 4.88. The molecule has 0 atom stereocenters. The molecule has 0 radical (unpaired) electrons. The lowest BCUT2D eigenvalue weighted by atomic mass is 10.1. The number of pyridine rings is 2. The molecule has 2 aromatic heterocycles. The molecule has 5 nitrogen and oxygen atoms in total. The number of carbonyl (C=O) groups is 1. The van der Waals surface area contributed by atoms with Crippen LogP contribution in [-0.2, 0) is 4.74 Å². The zero-order valence-corrected chi connectivity index (χ0v) is 10.7. The Bertz CT molecular complexity index is 543. The van der Waals surface area contributed by atoms with E-state index in [4.69, 9.17) is 4.74 Å². The monoisotopic (exact) mass is 257 g/mol. The minimum atomic E-state index is -0.142. The average Bonchev–Trinajstić information content (AvgIpc) is 2.48. The number of rotatable bonds is 5. The Kier molecular flexibility index (Phi) is 4.58. The van der Waals surface area contributed by atoms with Crippen molar-refractivity contribution in [3.8, 4) is 11.4 Å². The average molecular weight is 257 g/mol. The first-order valence-electron chi connectivity index (χ1n) is 5.96. The van der Waals surface area contributed by atoms with Crippen molar-refractivity contribution < 1.29 is 9.53 Å². The Morgan fingerprint density at radius 1 is 1.21 bits per heavy atom. The molecule has 0 spiro atoms. The van der Waals surface area contributed by atoms with E-state index in [-0.39, 0.29) is 5.91 Å². The molecule has 0 aliphatic carbocycles. The second kappa shape index (κ2) is 6.61. The van der Waals surface area contributed by atoms with E-state index in [1.807, 2.05) is 18.2 Å². The van der Waals surface area contributed by atoms with Crippen LogP contribution in [0.15, 0.2) is 42.7 Å². The normalized spacial score (nSPS) is 10.2. The molecule has 0 saturated carbocycles. The zero-order chi connectivity index (χ0) is 13.5. The van der Waals surface area contributed by atoms with Crippen LogP contribution in [0.1, 0.15) is 10.4 Å². The van der Waals surface area contributed by atoms with Gasteiger partial charge in [0.15, 0.2) is 0 Å². The van der Waals surface area contributed by atoms with Crippen molar-refractivity contribution in [2.45, 2.75) is 0 Å². The Balaban J connectivity index is 2.13. The van der Waals surface area contributed by atoms with Gasteiger partial charge in [-0.1, -0.05) is 6.07 Å². The van der Waals surface area contributed by atoms with Crippen molar-refractivity contribution in [3.05, 3.63) is 48.3 Å². The van der Waals surface area contributed by atoms with Gasteiger partial charge in [-0.25, -0.2) is 0 Å². The lowest BCUT2D eigenvalue weighted by Crippen LogP contribution is -2.26. The van der Waals surface area contributed by atoms with Gasteiger partial charge in [0, 0.05) is 31.6 Å². The van der Waals surface area contributed by atoms with Crippen molar-refractivity contribution in [2.24, 2.45) is 0 Å². The van der Waals surface area contributed by atoms with Gasteiger partial charge >= 0.3 is 0 Å². The number of hydrogen-bond acceptors (Lipinski definition) is 4. The van der Waals surface area contributed by atoms with E-state index in [2.05, 4.69) is 15.3 Å². The highest BCUT2D eigenvalue weighted by atomic mass is 16.5. The highest BCUT2D eigenvalue weighted by Crippen LogP contribution is 2.14. The van der Waals surface area contributed by atoms with E-state index < -0.39 is 0 Å². The number of amides is 1. The highest BCUT2D eigenvalue weighted by Gasteiger charge is 2.07. The molecule has 2 rings (SSSR count). The summed E-state index contributed by atoms with van der Waals surface area (Å²) in [5.41, 5.74) is 1.99. The summed E-state index contributed by atoms with van der Waals surface area (Å²) in [6.07, 6.45) is 3.30. The molecule has 0 aliphatic rings. The first kappa shape index (κ1) is 13.2. The van der Waals surface area contributed by atoms with E-state index in [9.17, 15) is 4.79 Å². The molecule has 98 valence electrons. The van der Waals surface area contributed by atoms with E-state index in [0.29, 0.717) is 24.4 Å². The molecule has 1 N–H and O–H groups in total. The van der Waals surface area contributed by atoms with Gasteiger partial charge in [0.2, 0.25) is 0 Å². The summed E-state index contributed by atoms with van der Waals surface area (Å²) in [4.78, 5) is 20.3. The van der Waals surface area contributed by atoms with Crippen molar-refractivity contribution in [1.82, 2.24) is 15.3 Å². The van der Waals surface area contributed by atoms with Gasteiger partial charge in [0.05, 0.1) is 18.0 Å². The van der Waals surface area contributed by atoms with Crippen LogP contribution in [0, 0.1) is 0 Å². The minimum absolute atomic E-state index is 0.142. The summed E-state index contributed by atoms with van der Waals surface area (Å²) in [5, 5.41) is 2.77. The van der Waals surface area contributed by atoms with Crippen molar-refractivity contribution in [1.29, 1.82) is 0 Å². The Hall–Kier alpha value is -2.27. The van der Waals surface area contributed by atoms with Crippen molar-refractivity contribution in [2.75, 3.05) is 20.3 Å². The molecule has 19 heavy (non-hydrogen) atoms. The fourth-order valence-corrected chi connectivity index (χ4v) is 1.59. The molecule has 0 fully saturated rings. The lowest BCUT2D eigenvalue weighted by Gasteiger charge is -2.05. The quantitative estimate of drug-likeness (QED) is 0.825. The predicted octanol–water partition coefficient (Wildman–Crippen LogP) is 1.52. The number of aromatic nitrogens is 2. The number of ether oxygens (including phenoxy) is 1. The Morgan fingerprint density at radius 2 is 2.05 bits per heavy atom. The largest absolute Gasteiger partial charge is 0.383 e. The van der Waals surface area contributed by atoms with E-state index in [1.54, 1.807) is 31.6 Å². The molecular formula is C14H15N3O2. The van der Waals surface area contributed by atoms with E-state index in [1.165, 1.54) is 0 Å². The third-order valence-electron chi connectivity index (χ3n) is 2.54. The van der Waals surface area contributed by atoms with Gasteiger partial charge < -0.3 is 10.1 Å². The van der Waals surface area contributed by atoms with Crippen molar-refractivity contribution >= 4 is 5.91 Å². The molecule has 1 amide bonds. The van der Waals surface area contributed by atoms with Crippen LogP contribution in [0.25, 0.3) is 11.4 Å². The van der Waals surface area contributed by atoms with Gasteiger partial charge in [0.25, 0.3) is 5.91 Å². The number of hydrogen-bond donors (Lipinski definition) is 1. The Morgan fingerprint density at radius 3 is 2.79 bits per heavy atom. The van der Waals surface area contributed by atoms with Crippen molar-refractivity contribution in [3.63, 3.8) is 0 Å². The molecule has 5 heteroatoms. The Labute approximate surface area is 111 Å². The molecule has 0 aliphatic heterocycles. The molecule has 0 bridgehead atoms. The second-order valence-electron chi connectivity index (χ2n) is 3.89. The maximum absolute atomic E-state index is 11.9. The molecule has 2 aromatic rings. The van der Waals surface area contributed by atoms with Crippen LogP contribution in [0.2, 0.25) is 0 Å². The fourth-order valence-electron chi connectivity index (χ4n) is 1.59. The third-order valence-corrected chi connectivity index (χ3v) is 2.54. The van der Waals surface area contributed by atoms with Gasteiger partial charge in [-0.05, 0) is 24.3 Å². The van der Waals surface area contributed by atoms with Gasteiger partial charge in [-0.3, -0.25) is 14.8 Å². The minimum Gasteiger partial charge on any atom is -0.383 e. The summed E-state index contributed by atoms with van der Waals surface area (Å²) in [6, 6.07) is 8.98. The fraction of sp³-hybridized carbons (Fsp3) is 0.214. The third kappa shape index (κ3) is 3.59. The maximum Gasteiger partial charge on any atom is 0.251 e. The number of carbonyl (C=O) groups excluding carboxylic acids is 1. The second-order valence-corrected chi connectivity index (χ2v) is 3.89. The summed E-state index contributed by atoms with van der Waals surface area (Å²) >= 11 is 0. The summed E-state index contributed by atoms with van der Waals surface area (Å²) in [7, 11) is 1.60. The molecule has 0 aromatic carbocycles. The number of nitrogens with one attached hydrogen (secondary N) is 1. The van der Waals surface area contributed by atoms with Gasteiger partial charge in [0.1, 0.15) is 0 Å². The first-order chi connectivity index (χ1) is 9.31. The zero-order valence-electron chi connectivity index (χ0n) is 10.7. The molecule has 0 unspecified atom stereocenters. The summed E-state index contributed by atoms with van der Waals surface area (Å²) in [5.74, 6) is -0.142. The first-order valence-corrected chi connectivity index (χ1v) is 5.96. The van der Waals surface area contributed by atoms with E-state index >= 15 is 0 Å². The number of nitrogens with zero attached hydrogens (tertiary/aromatic N) is 2. The lowest BCUT2D eigenvalue weighted by molar-refractivity contribution is 0.0937. The molecule has 2 heterocycles. The predicted molar refractivity (Wildman–Crippen MR) is 71.7 cm³/mol. The van der Waals surface area contributed by atoms with Crippen LogP contribution in [0.3, 0.4) is 0 Å². The van der Waals surface area contributed by atoms with Crippen LogP contribution < -0.4 is 5.32 Å². The molecular weight excluding hydrogens is 242 g/mol. The van der Waals surface area contributed by atoms with Gasteiger partial charge in [-0.15, -0.1) is 0 Å².